The summed E-state index contributed by atoms with van der Waals surface area (Å²) in [5, 5.41) is 13.8. The lowest BCUT2D eigenvalue weighted by atomic mass is 9.86. The van der Waals surface area contributed by atoms with E-state index >= 15 is 0 Å². The van der Waals surface area contributed by atoms with Crippen molar-refractivity contribution in [2.45, 2.75) is 25.4 Å². The lowest BCUT2D eigenvalue weighted by Gasteiger charge is -2.26. The third-order valence-electron chi connectivity index (χ3n) is 3.87. The SMILES string of the molecule is CCCCNC(=O)COC(=O)C(O)(c1ccccc1)c1ccccc1. The molecule has 0 aliphatic heterocycles. The molecule has 0 aliphatic carbocycles. The van der Waals surface area contributed by atoms with Crippen LogP contribution in [0.2, 0.25) is 0 Å². The number of benzene rings is 2. The highest BCUT2D eigenvalue weighted by Gasteiger charge is 2.41. The number of hydrogen-bond donors (Lipinski definition) is 2. The number of hydrogen-bond acceptors (Lipinski definition) is 4. The summed E-state index contributed by atoms with van der Waals surface area (Å²) in [6.07, 6.45) is 1.82. The molecule has 25 heavy (non-hydrogen) atoms. The van der Waals surface area contributed by atoms with Crippen molar-refractivity contribution in [3.8, 4) is 0 Å². The van der Waals surface area contributed by atoms with Crippen LogP contribution < -0.4 is 5.32 Å². The van der Waals surface area contributed by atoms with Crippen molar-refractivity contribution in [1.82, 2.24) is 5.32 Å². The lowest BCUT2D eigenvalue weighted by molar-refractivity contribution is -0.164. The first-order valence-corrected chi connectivity index (χ1v) is 8.36. The molecule has 0 heterocycles. The van der Waals surface area contributed by atoms with Gasteiger partial charge in [-0.25, -0.2) is 4.79 Å². The van der Waals surface area contributed by atoms with E-state index in [0.717, 1.165) is 12.8 Å². The third kappa shape index (κ3) is 4.67. The number of aliphatic hydroxyl groups is 1. The molecule has 132 valence electrons. The van der Waals surface area contributed by atoms with Crippen molar-refractivity contribution >= 4 is 11.9 Å². The van der Waals surface area contributed by atoms with E-state index in [-0.39, 0.29) is 5.91 Å². The highest BCUT2D eigenvalue weighted by molar-refractivity contribution is 5.88. The second-order valence-electron chi connectivity index (χ2n) is 5.72. The summed E-state index contributed by atoms with van der Waals surface area (Å²) in [6.45, 7) is 2.13. The molecule has 0 spiro atoms. The monoisotopic (exact) mass is 341 g/mol. The Kier molecular flexibility index (Phi) is 6.71. The highest BCUT2D eigenvalue weighted by Crippen LogP contribution is 2.30. The molecular weight excluding hydrogens is 318 g/mol. The number of carbonyl (C=O) groups is 2. The Hall–Kier alpha value is -2.66. The van der Waals surface area contributed by atoms with Gasteiger partial charge in [0.05, 0.1) is 0 Å². The minimum Gasteiger partial charge on any atom is -0.453 e. The Balaban J connectivity index is 2.16. The van der Waals surface area contributed by atoms with Gasteiger partial charge in [-0.15, -0.1) is 0 Å². The van der Waals surface area contributed by atoms with E-state index < -0.39 is 18.2 Å². The maximum Gasteiger partial charge on any atom is 0.348 e. The summed E-state index contributed by atoms with van der Waals surface area (Å²) in [5.41, 5.74) is -1.19. The largest absolute Gasteiger partial charge is 0.453 e. The highest BCUT2D eigenvalue weighted by atomic mass is 16.6. The van der Waals surface area contributed by atoms with Gasteiger partial charge in [-0.2, -0.15) is 0 Å². The molecule has 0 saturated carbocycles. The van der Waals surface area contributed by atoms with Gasteiger partial charge < -0.3 is 15.2 Å². The molecule has 1 amide bonds. The van der Waals surface area contributed by atoms with Crippen LogP contribution in [0.15, 0.2) is 60.7 Å². The number of amides is 1. The van der Waals surface area contributed by atoms with E-state index in [1.54, 1.807) is 60.7 Å². The van der Waals surface area contributed by atoms with Gasteiger partial charge in [0.15, 0.2) is 6.61 Å². The molecule has 0 bridgehead atoms. The van der Waals surface area contributed by atoms with Crippen LogP contribution in [0.25, 0.3) is 0 Å². The van der Waals surface area contributed by atoms with Gasteiger partial charge in [0.1, 0.15) is 0 Å². The topological polar surface area (TPSA) is 75.6 Å². The Bertz CT molecular complexity index is 646. The molecule has 0 unspecified atom stereocenters. The van der Waals surface area contributed by atoms with Gasteiger partial charge in [-0.3, -0.25) is 4.79 Å². The average molecular weight is 341 g/mol. The first-order chi connectivity index (χ1) is 12.1. The molecule has 0 fully saturated rings. The summed E-state index contributed by atoms with van der Waals surface area (Å²) < 4.78 is 5.11. The number of rotatable bonds is 8. The quantitative estimate of drug-likeness (QED) is 0.571. The summed E-state index contributed by atoms with van der Waals surface area (Å²) in [6, 6.07) is 17.1. The predicted octanol–water partition coefficient (Wildman–Crippen LogP) is 2.38. The van der Waals surface area contributed by atoms with E-state index in [0.29, 0.717) is 17.7 Å². The van der Waals surface area contributed by atoms with Crippen molar-refractivity contribution in [2.75, 3.05) is 13.2 Å². The second-order valence-corrected chi connectivity index (χ2v) is 5.72. The molecule has 2 rings (SSSR count). The molecule has 2 N–H and O–H groups in total. The standard InChI is InChI=1S/C20H23NO4/c1-2-3-14-21-18(22)15-25-19(23)20(24,16-10-6-4-7-11-16)17-12-8-5-9-13-17/h4-13,24H,2-3,14-15H2,1H3,(H,21,22). The molecule has 2 aromatic rings. The average Bonchev–Trinajstić information content (AvgIpc) is 2.67. The molecule has 0 radical (unpaired) electrons. The molecule has 0 atom stereocenters. The van der Waals surface area contributed by atoms with E-state index in [1.165, 1.54) is 0 Å². The van der Waals surface area contributed by atoms with Crippen molar-refractivity contribution in [3.63, 3.8) is 0 Å². The third-order valence-corrected chi connectivity index (χ3v) is 3.87. The van der Waals surface area contributed by atoms with Crippen LogP contribution in [-0.2, 0) is 19.9 Å². The number of carbonyl (C=O) groups excluding carboxylic acids is 2. The van der Waals surface area contributed by atoms with E-state index in [9.17, 15) is 14.7 Å². The van der Waals surface area contributed by atoms with E-state index in [2.05, 4.69) is 5.32 Å². The van der Waals surface area contributed by atoms with Gasteiger partial charge in [-0.1, -0.05) is 74.0 Å². The molecular formula is C20H23NO4. The van der Waals surface area contributed by atoms with Crippen LogP contribution in [0.3, 0.4) is 0 Å². The molecule has 5 nitrogen and oxygen atoms in total. The minimum absolute atomic E-state index is 0.384. The van der Waals surface area contributed by atoms with Crippen molar-refractivity contribution in [2.24, 2.45) is 0 Å². The number of unbranched alkanes of at least 4 members (excludes halogenated alkanes) is 1. The van der Waals surface area contributed by atoms with Gasteiger partial charge >= 0.3 is 5.97 Å². The maximum absolute atomic E-state index is 12.6. The second kappa shape index (κ2) is 8.99. The van der Waals surface area contributed by atoms with Gasteiger partial charge in [-0.05, 0) is 17.5 Å². The van der Waals surface area contributed by atoms with Crippen LogP contribution in [-0.4, -0.2) is 30.1 Å². The Morgan fingerprint density at radius 2 is 1.52 bits per heavy atom. The molecule has 0 saturated heterocycles. The van der Waals surface area contributed by atoms with Crippen LogP contribution >= 0.6 is 0 Å². The first kappa shape index (κ1) is 18.7. The predicted molar refractivity (Wildman–Crippen MR) is 94.8 cm³/mol. The summed E-state index contributed by atoms with van der Waals surface area (Å²) in [7, 11) is 0. The van der Waals surface area contributed by atoms with Crippen LogP contribution in [0.4, 0.5) is 0 Å². The lowest BCUT2D eigenvalue weighted by Crippen LogP contribution is -2.40. The molecule has 5 heteroatoms. The van der Waals surface area contributed by atoms with Gasteiger partial charge in [0, 0.05) is 6.54 Å². The fraction of sp³-hybridized carbons (Fsp3) is 0.300. The van der Waals surface area contributed by atoms with Crippen LogP contribution in [0.5, 0.6) is 0 Å². The van der Waals surface area contributed by atoms with Crippen molar-refractivity contribution in [1.29, 1.82) is 0 Å². The summed E-state index contributed by atoms with van der Waals surface area (Å²) in [5.74, 6) is -1.26. The smallest absolute Gasteiger partial charge is 0.348 e. The zero-order valence-corrected chi connectivity index (χ0v) is 14.3. The van der Waals surface area contributed by atoms with Gasteiger partial charge in [0.2, 0.25) is 5.60 Å². The Labute approximate surface area is 147 Å². The fourth-order valence-electron chi connectivity index (χ4n) is 2.45. The summed E-state index contributed by atoms with van der Waals surface area (Å²) >= 11 is 0. The molecule has 2 aromatic carbocycles. The first-order valence-electron chi connectivity index (χ1n) is 8.36. The zero-order chi connectivity index (χ0) is 18.1. The normalized spacial score (nSPS) is 11.0. The Morgan fingerprint density at radius 3 is 2.00 bits per heavy atom. The summed E-state index contributed by atoms with van der Waals surface area (Å²) in [4.78, 5) is 24.4. The zero-order valence-electron chi connectivity index (χ0n) is 14.3. The number of esters is 1. The minimum atomic E-state index is -1.97. The Morgan fingerprint density at radius 1 is 1.00 bits per heavy atom. The van der Waals surface area contributed by atoms with Gasteiger partial charge in [0.25, 0.3) is 5.91 Å². The van der Waals surface area contributed by atoms with Crippen LogP contribution in [0, 0.1) is 0 Å². The number of ether oxygens (including phenoxy) is 1. The van der Waals surface area contributed by atoms with Crippen LogP contribution in [0.1, 0.15) is 30.9 Å². The number of nitrogens with one attached hydrogen (secondary N) is 1. The van der Waals surface area contributed by atoms with E-state index in [1.807, 2.05) is 6.92 Å². The molecule has 0 aromatic heterocycles. The van der Waals surface area contributed by atoms with Crippen molar-refractivity contribution < 1.29 is 19.4 Å². The van der Waals surface area contributed by atoms with E-state index in [4.69, 9.17) is 4.74 Å². The maximum atomic E-state index is 12.6. The molecule has 0 aliphatic rings. The van der Waals surface area contributed by atoms with Crippen molar-refractivity contribution in [3.05, 3.63) is 71.8 Å². The fourth-order valence-corrected chi connectivity index (χ4v) is 2.45.